The molecule has 0 heterocycles. The third-order valence-electron chi connectivity index (χ3n) is 3.73. The fraction of sp³-hybridized carbons (Fsp3) is 0.250. The molecule has 1 atom stereocenters. The lowest BCUT2D eigenvalue weighted by atomic mass is 9.81. The highest BCUT2D eigenvalue weighted by Crippen LogP contribution is 2.28. The molecule has 0 fully saturated rings. The van der Waals surface area contributed by atoms with E-state index in [1.54, 1.807) is 0 Å². The average Bonchev–Trinajstić information content (AvgIpc) is 2.55. The summed E-state index contributed by atoms with van der Waals surface area (Å²) >= 11 is 0. The first-order valence-electron chi connectivity index (χ1n) is 7.48. The van der Waals surface area contributed by atoms with Gasteiger partial charge in [0.2, 0.25) is 0 Å². The van der Waals surface area contributed by atoms with Crippen molar-refractivity contribution in [2.45, 2.75) is 26.4 Å². The Bertz CT molecular complexity index is 604. The van der Waals surface area contributed by atoms with Gasteiger partial charge in [-0.1, -0.05) is 73.7 Å². The summed E-state index contributed by atoms with van der Waals surface area (Å²) in [6, 6.07) is 19.9. The standard InChI is InChI=1S/C20H22O2/c1-3-20(2,14-17-10-6-4-7-11-17)15-19(21)22-16-18-12-8-5-9-13-18/h3-13H,1,14-16H2,2H3/t20-/m0/s1. The quantitative estimate of drug-likeness (QED) is 0.553. The maximum absolute atomic E-state index is 12.1. The molecule has 0 aliphatic carbocycles. The van der Waals surface area contributed by atoms with Crippen LogP contribution in [0.5, 0.6) is 0 Å². The van der Waals surface area contributed by atoms with Gasteiger partial charge in [0, 0.05) is 0 Å². The summed E-state index contributed by atoms with van der Waals surface area (Å²) in [5.74, 6) is -0.192. The highest BCUT2D eigenvalue weighted by Gasteiger charge is 2.25. The van der Waals surface area contributed by atoms with Gasteiger partial charge >= 0.3 is 5.97 Å². The maximum Gasteiger partial charge on any atom is 0.307 e. The van der Waals surface area contributed by atoms with E-state index >= 15 is 0 Å². The Morgan fingerprint density at radius 2 is 1.59 bits per heavy atom. The molecule has 2 aromatic carbocycles. The highest BCUT2D eigenvalue weighted by molar-refractivity contribution is 5.70. The van der Waals surface area contributed by atoms with Crippen LogP contribution in [0.15, 0.2) is 73.3 Å². The van der Waals surface area contributed by atoms with E-state index in [2.05, 4.69) is 18.7 Å². The zero-order valence-corrected chi connectivity index (χ0v) is 13.0. The van der Waals surface area contributed by atoms with E-state index in [9.17, 15) is 4.79 Å². The molecule has 2 heteroatoms. The molecule has 0 radical (unpaired) electrons. The zero-order valence-electron chi connectivity index (χ0n) is 13.0. The van der Waals surface area contributed by atoms with E-state index in [-0.39, 0.29) is 11.4 Å². The van der Waals surface area contributed by atoms with Gasteiger partial charge in [-0.15, -0.1) is 6.58 Å². The normalized spacial score (nSPS) is 13.1. The summed E-state index contributed by atoms with van der Waals surface area (Å²) in [6.07, 6.45) is 2.96. The number of benzene rings is 2. The highest BCUT2D eigenvalue weighted by atomic mass is 16.5. The Morgan fingerprint density at radius 1 is 1.05 bits per heavy atom. The fourth-order valence-corrected chi connectivity index (χ4v) is 2.39. The number of esters is 1. The minimum Gasteiger partial charge on any atom is -0.461 e. The summed E-state index contributed by atoms with van der Waals surface area (Å²) in [5.41, 5.74) is 1.90. The maximum atomic E-state index is 12.1. The Hall–Kier alpha value is -2.35. The van der Waals surface area contributed by atoms with E-state index < -0.39 is 0 Å². The molecule has 114 valence electrons. The van der Waals surface area contributed by atoms with Crippen LogP contribution in [0.25, 0.3) is 0 Å². The van der Waals surface area contributed by atoms with Gasteiger partial charge in [0.1, 0.15) is 6.61 Å². The summed E-state index contributed by atoms with van der Waals surface area (Å²) < 4.78 is 5.38. The van der Waals surface area contributed by atoms with Crippen molar-refractivity contribution in [3.63, 3.8) is 0 Å². The van der Waals surface area contributed by atoms with E-state index in [1.807, 2.05) is 61.5 Å². The second-order valence-corrected chi connectivity index (χ2v) is 5.84. The molecule has 0 amide bonds. The van der Waals surface area contributed by atoms with Crippen molar-refractivity contribution in [2.24, 2.45) is 5.41 Å². The first-order chi connectivity index (χ1) is 10.6. The molecule has 0 aromatic heterocycles. The predicted molar refractivity (Wildman–Crippen MR) is 89.3 cm³/mol. The van der Waals surface area contributed by atoms with Crippen LogP contribution in [0.1, 0.15) is 24.5 Å². The van der Waals surface area contributed by atoms with Crippen LogP contribution in [-0.4, -0.2) is 5.97 Å². The van der Waals surface area contributed by atoms with Crippen molar-refractivity contribution in [3.8, 4) is 0 Å². The van der Waals surface area contributed by atoms with E-state index in [4.69, 9.17) is 4.74 Å². The zero-order chi connectivity index (χ0) is 15.8. The number of rotatable bonds is 7. The number of hydrogen-bond acceptors (Lipinski definition) is 2. The van der Waals surface area contributed by atoms with Gasteiger partial charge in [0.05, 0.1) is 6.42 Å². The lowest BCUT2D eigenvalue weighted by Gasteiger charge is -2.24. The SMILES string of the molecule is C=C[C@](C)(CC(=O)OCc1ccccc1)Cc1ccccc1. The van der Waals surface area contributed by atoms with Crippen molar-refractivity contribution in [1.29, 1.82) is 0 Å². The minimum absolute atomic E-state index is 0.192. The minimum atomic E-state index is -0.297. The second-order valence-electron chi connectivity index (χ2n) is 5.84. The second kappa shape index (κ2) is 7.60. The van der Waals surface area contributed by atoms with Gasteiger partial charge in [-0.3, -0.25) is 4.79 Å². The molecule has 0 unspecified atom stereocenters. The monoisotopic (exact) mass is 294 g/mol. The van der Waals surface area contributed by atoms with Crippen molar-refractivity contribution in [1.82, 2.24) is 0 Å². The number of allylic oxidation sites excluding steroid dienone is 1. The van der Waals surface area contributed by atoms with Crippen LogP contribution < -0.4 is 0 Å². The Kier molecular flexibility index (Phi) is 5.54. The first kappa shape index (κ1) is 16.0. The van der Waals surface area contributed by atoms with Gasteiger partial charge in [0.15, 0.2) is 0 Å². The first-order valence-corrected chi connectivity index (χ1v) is 7.48. The topological polar surface area (TPSA) is 26.3 Å². The lowest BCUT2D eigenvalue weighted by molar-refractivity contribution is -0.146. The molecular formula is C20H22O2. The number of hydrogen-bond donors (Lipinski definition) is 0. The van der Waals surface area contributed by atoms with Crippen LogP contribution >= 0.6 is 0 Å². The predicted octanol–water partition coefficient (Wildman–Crippen LogP) is 4.55. The molecule has 0 bridgehead atoms. The fourth-order valence-electron chi connectivity index (χ4n) is 2.39. The van der Waals surface area contributed by atoms with Gasteiger partial charge in [-0.05, 0) is 23.0 Å². The Labute approximate surface area is 132 Å². The van der Waals surface area contributed by atoms with Crippen molar-refractivity contribution in [2.75, 3.05) is 0 Å². The molecule has 0 N–H and O–H groups in total. The van der Waals surface area contributed by atoms with Gasteiger partial charge in [-0.2, -0.15) is 0 Å². The van der Waals surface area contributed by atoms with Crippen molar-refractivity contribution < 1.29 is 9.53 Å². The smallest absolute Gasteiger partial charge is 0.307 e. The Morgan fingerprint density at radius 3 is 2.14 bits per heavy atom. The number of ether oxygens (including phenoxy) is 1. The Balaban J connectivity index is 1.91. The molecule has 0 spiro atoms. The molecule has 2 rings (SSSR count). The van der Waals surface area contributed by atoms with Gasteiger partial charge in [0.25, 0.3) is 0 Å². The van der Waals surface area contributed by atoms with Gasteiger partial charge in [-0.25, -0.2) is 0 Å². The lowest BCUT2D eigenvalue weighted by Crippen LogP contribution is -2.22. The summed E-state index contributed by atoms with van der Waals surface area (Å²) in [4.78, 5) is 12.1. The van der Waals surface area contributed by atoms with E-state index in [0.29, 0.717) is 13.0 Å². The van der Waals surface area contributed by atoms with Crippen LogP contribution in [-0.2, 0) is 22.6 Å². The van der Waals surface area contributed by atoms with Gasteiger partial charge < -0.3 is 4.74 Å². The molecule has 22 heavy (non-hydrogen) atoms. The molecule has 0 saturated carbocycles. The van der Waals surface area contributed by atoms with Crippen molar-refractivity contribution >= 4 is 5.97 Å². The van der Waals surface area contributed by atoms with Crippen molar-refractivity contribution in [3.05, 3.63) is 84.4 Å². The number of carbonyl (C=O) groups is 1. The molecule has 0 aliphatic rings. The largest absolute Gasteiger partial charge is 0.461 e. The third kappa shape index (κ3) is 4.88. The molecule has 2 nitrogen and oxygen atoms in total. The molecular weight excluding hydrogens is 272 g/mol. The number of carbonyl (C=O) groups excluding carboxylic acids is 1. The molecule has 2 aromatic rings. The summed E-state index contributed by atoms with van der Waals surface area (Å²) in [5, 5.41) is 0. The van der Waals surface area contributed by atoms with Crippen LogP contribution in [0, 0.1) is 5.41 Å². The average molecular weight is 294 g/mol. The van der Waals surface area contributed by atoms with E-state index in [1.165, 1.54) is 5.56 Å². The third-order valence-corrected chi connectivity index (χ3v) is 3.73. The van der Waals surface area contributed by atoms with E-state index in [0.717, 1.165) is 12.0 Å². The van der Waals surface area contributed by atoms with Crippen LogP contribution in [0.3, 0.4) is 0 Å². The molecule has 0 saturated heterocycles. The summed E-state index contributed by atoms with van der Waals surface area (Å²) in [7, 11) is 0. The van der Waals surface area contributed by atoms with Crippen LogP contribution in [0.2, 0.25) is 0 Å². The summed E-state index contributed by atoms with van der Waals surface area (Å²) in [6.45, 7) is 6.25. The molecule has 0 aliphatic heterocycles. The van der Waals surface area contributed by atoms with Crippen LogP contribution in [0.4, 0.5) is 0 Å².